The van der Waals surface area contributed by atoms with E-state index in [9.17, 15) is 4.79 Å². The third-order valence-electron chi connectivity index (χ3n) is 1.35. The van der Waals surface area contributed by atoms with Crippen LogP contribution in [0.3, 0.4) is 0 Å². The predicted molar refractivity (Wildman–Crippen MR) is 41.0 cm³/mol. The number of carbonyl (C=O) groups is 1. The average Bonchev–Trinajstić information content (AvgIpc) is 2.48. The Morgan fingerprint density at radius 2 is 2.50 bits per heavy atom. The summed E-state index contributed by atoms with van der Waals surface area (Å²) in [6, 6.07) is 1.46. The molecule has 0 unspecified atom stereocenters. The van der Waals surface area contributed by atoms with Crippen molar-refractivity contribution in [3.05, 3.63) is 23.7 Å². The Hall–Kier alpha value is -1.29. The molecule has 0 aromatic carbocycles. The van der Waals surface area contributed by atoms with E-state index in [1.165, 1.54) is 12.3 Å². The second kappa shape index (κ2) is 3.92. The van der Waals surface area contributed by atoms with Crippen LogP contribution < -0.4 is 0 Å². The van der Waals surface area contributed by atoms with Crippen LogP contribution in [-0.4, -0.2) is 17.7 Å². The number of furan rings is 1. The average molecular weight is 170 g/mol. The van der Waals surface area contributed by atoms with E-state index < -0.39 is 5.97 Å². The fourth-order valence-electron chi connectivity index (χ4n) is 0.771. The summed E-state index contributed by atoms with van der Waals surface area (Å²) in [6.45, 7) is 2.77. The largest absolute Gasteiger partial charge is 0.478 e. The van der Waals surface area contributed by atoms with Gasteiger partial charge in [0.1, 0.15) is 18.6 Å². The summed E-state index contributed by atoms with van der Waals surface area (Å²) in [6.07, 6.45) is 1.21. The molecule has 66 valence electrons. The maximum Gasteiger partial charge on any atom is 0.338 e. The van der Waals surface area contributed by atoms with Gasteiger partial charge in [0.15, 0.2) is 0 Å². The molecule has 1 aromatic rings. The zero-order valence-corrected chi connectivity index (χ0v) is 6.74. The molecular formula is C8H10O4. The van der Waals surface area contributed by atoms with Crippen molar-refractivity contribution in [3.63, 3.8) is 0 Å². The van der Waals surface area contributed by atoms with Crippen molar-refractivity contribution in [2.75, 3.05) is 6.61 Å². The summed E-state index contributed by atoms with van der Waals surface area (Å²) >= 11 is 0. The number of carboxylic acids is 1. The molecule has 0 aliphatic carbocycles. The van der Waals surface area contributed by atoms with Crippen molar-refractivity contribution in [3.8, 4) is 0 Å². The fourth-order valence-corrected chi connectivity index (χ4v) is 0.771. The monoisotopic (exact) mass is 170 g/mol. The molecule has 0 saturated heterocycles. The highest BCUT2D eigenvalue weighted by atomic mass is 16.5. The molecule has 0 spiro atoms. The normalized spacial score (nSPS) is 10.1. The van der Waals surface area contributed by atoms with Gasteiger partial charge >= 0.3 is 5.97 Å². The van der Waals surface area contributed by atoms with Crippen LogP contribution in [0.1, 0.15) is 23.0 Å². The predicted octanol–water partition coefficient (Wildman–Crippen LogP) is 1.51. The molecular weight excluding hydrogens is 160 g/mol. The number of aromatic carboxylic acids is 1. The van der Waals surface area contributed by atoms with Crippen LogP contribution in [0.5, 0.6) is 0 Å². The lowest BCUT2D eigenvalue weighted by Crippen LogP contribution is -1.93. The quantitative estimate of drug-likeness (QED) is 0.744. The van der Waals surface area contributed by atoms with Gasteiger partial charge < -0.3 is 14.3 Å². The Labute approximate surface area is 69.8 Å². The zero-order valence-electron chi connectivity index (χ0n) is 6.74. The van der Waals surface area contributed by atoms with E-state index in [1.807, 2.05) is 6.92 Å². The standard InChI is InChI=1S/C8H10O4/c1-2-11-5-7-3-6(4-12-7)8(9)10/h3-4H,2,5H2,1H3,(H,9,10). The van der Waals surface area contributed by atoms with E-state index in [1.54, 1.807) is 0 Å². The first kappa shape index (κ1) is 8.80. The Morgan fingerprint density at radius 3 is 3.00 bits per heavy atom. The van der Waals surface area contributed by atoms with Crippen molar-refractivity contribution in [2.45, 2.75) is 13.5 Å². The Kier molecular flexibility index (Phi) is 2.88. The van der Waals surface area contributed by atoms with E-state index in [2.05, 4.69) is 0 Å². The number of hydrogen-bond donors (Lipinski definition) is 1. The Balaban J connectivity index is 2.58. The highest BCUT2D eigenvalue weighted by Crippen LogP contribution is 2.08. The van der Waals surface area contributed by atoms with E-state index in [-0.39, 0.29) is 5.56 Å². The summed E-state index contributed by atoms with van der Waals surface area (Å²) < 4.78 is 9.95. The number of rotatable bonds is 4. The van der Waals surface area contributed by atoms with Crippen molar-refractivity contribution in [1.29, 1.82) is 0 Å². The maximum atomic E-state index is 10.4. The second-order valence-electron chi connectivity index (χ2n) is 2.24. The summed E-state index contributed by atoms with van der Waals surface area (Å²) in [5, 5.41) is 8.52. The number of ether oxygens (including phenoxy) is 1. The van der Waals surface area contributed by atoms with E-state index in [4.69, 9.17) is 14.3 Å². The minimum atomic E-state index is -0.985. The third-order valence-corrected chi connectivity index (χ3v) is 1.35. The van der Waals surface area contributed by atoms with Crippen LogP contribution in [0.15, 0.2) is 16.7 Å². The van der Waals surface area contributed by atoms with Crippen LogP contribution in [-0.2, 0) is 11.3 Å². The smallest absolute Gasteiger partial charge is 0.338 e. The van der Waals surface area contributed by atoms with Crippen LogP contribution in [0.25, 0.3) is 0 Å². The molecule has 0 aliphatic rings. The van der Waals surface area contributed by atoms with Crippen molar-refractivity contribution >= 4 is 5.97 Å². The van der Waals surface area contributed by atoms with Gasteiger partial charge in [0.2, 0.25) is 0 Å². The Bertz CT molecular complexity index is 264. The van der Waals surface area contributed by atoms with E-state index in [0.29, 0.717) is 19.0 Å². The van der Waals surface area contributed by atoms with Crippen LogP contribution in [0.2, 0.25) is 0 Å². The summed E-state index contributed by atoms with van der Waals surface area (Å²) in [5.74, 6) is -0.448. The Morgan fingerprint density at radius 1 is 1.75 bits per heavy atom. The van der Waals surface area contributed by atoms with Gasteiger partial charge in [-0.15, -0.1) is 0 Å². The molecule has 0 aliphatic heterocycles. The lowest BCUT2D eigenvalue weighted by molar-refractivity contribution is 0.0696. The van der Waals surface area contributed by atoms with Crippen LogP contribution in [0.4, 0.5) is 0 Å². The van der Waals surface area contributed by atoms with E-state index in [0.717, 1.165) is 0 Å². The second-order valence-corrected chi connectivity index (χ2v) is 2.24. The van der Waals surface area contributed by atoms with Gasteiger partial charge in [-0.2, -0.15) is 0 Å². The fraction of sp³-hybridized carbons (Fsp3) is 0.375. The molecule has 0 saturated carbocycles. The minimum Gasteiger partial charge on any atom is -0.478 e. The van der Waals surface area contributed by atoms with Crippen molar-refractivity contribution in [2.24, 2.45) is 0 Å². The third kappa shape index (κ3) is 2.10. The van der Waals surface area contributed by atoms with Crippen molar-refractivity contribution < 1.29 is 19.1 Å². The van der Waals surface area contributed by atoms with E-state index >= 15 is 0 Å². The molecule has 1 heterocycles. The first-order valence-corrected chi connectivity index (χ1v) is 3.62. The molecule has 1 N–H and O–H groups in total. The van der Waals surface area contributed by atoms with Crippen molar-refractivity contribution in [1.82, 2.24) is 0 Å². The maximum absolute atomic E-state index is 10.4. The summed E-state index contributed by atoms with van der Waals surface area (Å²) in [7, 11) is 0. The van der Waals surface area contributed by atoms with Gasteiger partial charge in [-0.05, 0) is 13.0 Å². The lowest BCUT2D eigenvalue weighted by atomic mass is 10.3. The highest BCUT2D eigenvalue weighted by Gasteiger charge is 2.07. The number of hydrogen-bond acceptors (Lipinski definition) is 3. The SMILES string of the molecule is CCOCc1cc(C(=O)O)co1. The topological polar surface area (TPSA) is 59.7 Å². The van der Waals surface area contributed by atoms with Gasteiger partial charge in [0, 0.05) is 6.61 Å². The highest BCUT2D eigenvalue weighted by molar-refractivity contribution is 5.87. The molecule has 0 fully saturated rings. The molecule has 0 bridgehead atoms. The summed E-state index contributed by atoms with van der Waals surface area (Å²) in [4.78, 5) is 10.4. The molecule has 4 heteroatoms. The lowest BCUT2D eigenvalue weighted by Gasteiger charge is -1.94. The summed E-state index contributed by atoms with van der Waals surface area (Å²) in [5.41, 5.74) is 0.157. The number of carboxylic acid groups (broad SMARTS) is 1. The molecule has 1 rings (SSSR count). The van der Waals surface area contributed by atoms with Gasteiger partial charge in [-0.3, -0.25) is 0 Å². The van der Waals surface area contributed by atoms with Gasteiger partial charge in [0.05, 0.1) is 5.56 Å². The molecule has 12 heavy (non-hydrogen) atoms. The van der Waals surface area contributed by atoms with Gasteiger partial charge in [0.25, 0.3) is 0 Å². The molecule has 0 atom stereocenters. The van der Waals surface area contributed by atoms with Crippen LogP contribution in [0, 0.1) is 0 Å². The van der Waals surface area contributed by atoms with Gasteiger partial charge in [-0.1, -0.05) is 0 Å². The van der Waals surface area contributed by atoms with Crippen LogP contribution >= 0.6 is 0 Å². The molecule has 1 aromatic heterocycles. The molecule has 4 nitrogen and oxygen atoms in total. The zero-order chi connectivity index (χ0) is 8.97. The van der Waals surface area contributed by atoms with Gasteiger partial charge in [-0.25, -0.2) is 4.79 Å². The molecule has 0 amide bonds. The first-order valence-electron chi connectivity index (χ1n) is 3.62. The first-order chi connectivity index (χ1) is 5.74. The minimum absolute atomic E-state index is 0.157. The molecule has 0 radical (unpaired) electrons.